The number of sulfonamides is 1. The molecule has 1 atom stereocenters. The lowest BCUT2D eigenvalue weighted by Gasteiger charge is -2.35. The molecule has 0 heterocycles. The molecule has 1 N–H and O–H groups in total. The summed E-state index contributed by atoms with van der Waals surface area (Å²) in [5.74, 6) is -0.868. The highest BCUT2D eigenvalue weighted by molar-refractivity contribution is 7.92. The van der Waals surface area contributed by atoms with Gasteiger partial charge in [0.15, 0.2) is 0 Å². The molecule has 2 amide bonds. The Morgan fingerprint density at radius 2 is 1.55 bits per heavy atom. The number of hydrogen-bond donors (Lipinski definition) is 1. The highest BCUT2D eigenvalue weighted by Crippen LogP contribution is 2.30. The summed E-state index contributed by atoms with van der Waals surface area (Å²) in [6.45, 7) is 8.89. The van der Waals surface area contributed by atoms with Crippen LogP contribution in [-0.4, -0.2) is 43.3 Å². The standard InChI is InChI=1S/C30H35Cl2N3O4S/c1-6-27(29(37)33-30(3,4)5)34(19-22-12-10-11-21(2)15-22)28(36)20-35(25-17-23(31)16-24(32)18-25)40(38,39)26-13-8-7-9-14-26/h7-18,27H,6,19-20H2,1-5H3,(H,33,37). The van der Waals surface area contributed by atoms with E-state index in [-0.39, 0.29) is 33.1 Å². The van der Waals surface area contributed by atoms with Gasteiger partial charge in [-0.15, -0.1) is 0 Å². The minimum Gasteiger partial charge on any atom is -0.350 e. The number of carbonyl (C=O) groups excluding carboxylic acids is 2. The molecule has 214 valence electrons. The third-order valence-corrected chi connectivity index (χ3v) is 8.29. The van der Waals surface area contributed by atoms with Crippen LogP contribution in [0, 0.1) is 6.92 Å². The van der Waals surface area contributed by atoms with Crippen LogP contribution in [0.4, 0.5) is 5.69 Å². The average Bonchev–Trinajstić information content (AvgIpc) is 2.85. The van der Waals surface area contributed by atoms with E-state index in [0.717, 1.165) is 15.4 Å². The minimum atomic E-state index is -4.21. The van der Waals surface area contributed by atoms with E-state index >= 15 is 0 Å². The Morgan fingerprint density at radius 3 is 2.10 bits per heavy atom. The summed E-state index contributed by atoms with van der Waals surface area (Å²) < 4.78 is 28.7. The fourth-order valence-electron chi connectivity index (χ4n) is 4.31. The number of amides is 2. The highest BCUT2D eigenvalue weighted by Gasteiger charge is 2.34. The molecule has 0 fully saturated rings. The zero-order valence-electron chi connectivity index (χ0n) is 23.3. The van der Waals surface area contributed by atoms with Gasteiger partial charge in [0.25, 0.3) is 10.0 Å². The molecule has 3 aromatic carbocycles. The summed E-state index contributed by atoms with van der Waals surface area (Å²) in [5, 5.41) is 3.40. The van der Waals surface area contributed by atoms with E-state index in [2.05, 4.69) is 5.32 Å². The second-order valence-electron chi connectivity index (χ2n) is 10.6. The number of anilines is 1. The molecule has 7 nitrogen and oxygen atoms in total. The minimum absolute atomic E-state index is 0.00153. The van der Waals surface area contributed by atoms with Gasteiger partial charge in [-0.25, -0.2) is 8.42 Å². The van der Waals surface area contributed by atoms with Gasteiger partial charge in [0.1, 0.15) is 12.6 Å². The van der Waals surface area contributed by atoms with E-state index in [1.807, 2.05) is 58.9 Å². The van der Waals surface area contributed by atoms with Crippen LogP contribution in [0.25, 0.3) is 0 Å². The Kier molecular flexibility index (Phi) is 10.3. The number of aryl methyl sites for hydroxylation is 1. The molecule has 0 aliphatic heterocycles. The van der Waals surface area contributed by atoms with Crippen LogP contribution in [0.2, 0.25) is 10.0 Å². The zero-order valence-corrected chi connectivity index (χ0v) is 25.6. The average molecular weight is 605 g/mol. The van der Waals surface area contributed by atoms with E-state index in [1.165, 1.54) is 35.2 Å². The topological polar surface area (TPSA) is 86.8 Å². The maximum absolute atomic E-state index is 14.1. The molecular formula is C30H35Cl2N3O4S. The maximum Gasteiger partial charge on any atom is 0.264 e. The first-order valence-electron chi connectivity index (χ1n) is 12.9. The normalized spacial score (nSPS) is 12.5. The molecule has 0 radical (unpaired) electrons. The van der Waals surface area contributed by atoms with Gasteiger partial charge < -0.3 is 10.2 Å². The van der Waals surface area contributed by atoms with Crippen molar-refractivity contribution in [2.45, 2.75) is 64.1 Å². The lowest BCUT2D eigenvalue weighted by atomic mass is 10.0. The van der Waals surface area contributed by atoms with Gasteiger partial charge in [-0.3, -0.25) is 13.9 Å². The second-order valence-corrected chi connectivity index (χ2v) is 13.4. The Morgan fingerprint density at radius 1 is 0.925 bits per heavy atom. The van der Waals surface area contributed by atoms with E-state index in [4.69, 9.17) is 23.2 Å². The lowest BCUT2D eigenvalue weighted by molar-refractivity contribution is -0.141. The Bertz CT molecular complexity index is 1440. The highest BCUT2D eigenvalue weighted by atomic mass is 35.5. The van der Waals surface area contributed by atoms with Gasteiger partial charge in [0, 0.05) is 22.1 Å². The van der Waals surface area contributed by atoms with Gasteiger partial charge in [-0.2, -0.15) is 0 Å². The van der Waals surface area contributed by atoms with Gasteiger partial charge >= 0.3 is 0 Å². The Balaban J connectivity index is 2.10. The quantitative estimate of drug-likeness (QED) is 0.298. The Labute approximate surface area is 247 Å². The van der Waals surface area contributed by atoms with Crippen molar-refractivity contribution in [3.8, 4) is 0 Å². The van der Waals surface area contributed by atoms with Crippen molar-refractivity contribution in [1.82, 2.24) is 10.2 Å². The number of carbonyl (C=O) groups is 2. The molecule has 0 spiro atoms. The predicted octanol–water partition coefficient (Wildman–Crippen LogP) is 6.22. The van der Waals surface area contributed by atoms with Crippen LogP contribution in [0.1, 0.15) is 45.2 Å². The summed E-state index contributed by atoms with van der Waals surface area (Å²) in [7, 11) is -4.21. The molecule has 40 heavy (non-hydrogen) atoms. The zero-order chi connectivity index (χ0) is 29.7. The van der Waals surface area contributed by atoms with Crippen molar-refractivity contribution in [3.63, 3.8) is 0 Å². The van der Waals surface area contributed by atoms with E-state index in [0.29, 0.717) is 6.42 Å². The molecule has 10 heteroatoms. The van der Waals surface area contributed by atoms with Crippen molar-refractivity contribution >= 4 is 50.7 Å². The molecule has 0 aliphatic carbocycles. The predicted molar refractivity (Wildman–Crippen MR) is 161 cm³/mol. The van der Waals surface area contributed by atoms with Crippen molar-refractivity contribution in [2.24, 2.45) is 0 Å². The summed E-state index contributed by atoms with van der Waals surface area (Å²) >= 11 is 12.5. The molecule has 0 bridgehead atoms. The first-order chi connectivity index (χ1) is 18.7. The molecular weight excluding hydrogens is 569 g/mol. The fourth-order valence-corrected chi connectivity index (χ4v) is 6.24. The number of hydrogen-bond acceptors (Lipinski definition) is 4. The Hall–Kier alpha value is -3.07. The first-order valence-corrected chi connectivity index (χ1v) is 15.1. The smallest absolute Gasteiger partial charge is 0.264 e. The molecule has 1 unspecified atom stereocenters. The third kappa shape index (κ3) is 8.22. The number of nitrogens with zero attached hydrogens (tertiary/aromatic N) is 2. The van der Waals surface area contributed by atoms with Crippen LogP contribution < -0.4 is 9.62 Å². The van der Waals surface area contributed by atoms with Gasteiger partial charge in [-0.05, 0) is 70.0 Å². The number of halogens is 2. The van der Waals surface area contributed by atoms with E-state index < -0.39 is 34.1 Å². The summed E-state index contributed by atoms with van der Waals surface area (Å²) in [4.78, 5) is 28.9. The van der Waals surface area contributed by atoms with Crippen LogP contribution in [0.3, 0.4) is 0 Å². The molecule has 3 aromatic rings. The maximum atomic E-state index is 14.1. The van der Waals surface area contributed by atoms with Crippen LogP contribution in [0.15, 0.2) is 77.7 Å². The summed E-state index contributed by atoms with van der Waals surface area (Å²) in [5.41, 5.74) is 1.43. The second kappa shape index (κ2) is 13.1. The molecule has 3 rings (SSSR count). The largest absolute Gasteiger partial charge is 0.350 e. The fraction of sp³-hybridized carbons (Fsp3) is 0.333. The number of nitrogens with one attached hydrogen (secondary N) is 1. The van der Waals surface area contributed by atoms with E-state index in [9.17, 15) is 18.0 Å². The van der Waals surface area contributed by atoms with Gasteiger partial charge in [0.05, 0.1) is 10.6 Å². The SMILES string of the molecule is CCC(C(=O)NC(C)(C)C)N(Cc1cccc(C)c1)C(=O)CN(c1cc(Cl)cc(Cl)c1)S(=O)(=O)c1ccccc1. The van der Waals surface area contributed by atoms with E-state index in [1.54, 1.807) is 18.2 Å². The van der Waals surface area contributed by atoms with Crippen molar-refractivity contribution in [2.75, 3.05) is 10.8 Å². The van der Waals surface area contributed by atoms with Crippen LogP contribution in [-0.2, 0) is 26.2 Å². The first kappa shape index (κ1) is 31.5. The van der Waals surface area contributed by atoms with Gasteiger partial charge in [0.2, 0.25) is 11.8 Å². The van der Waals surface area contributed by atoms with Crippen molar-refractivity contribution in [1.29, 1.82) is 0 Å². The number of rotatable bonds is 10. The summed E-state index contributed by atoms with van der Waals surface area (Å²) in [6.07, 6.45) is 0.327. The van der Waals surface area contributed by atoms with Gasteiger partial charge in [-0.1, -0.05) is 78.2 Å². The number of benzene rings is 3. The molecule has 0 aromatic heterocycles. The third-order valence-electron chi connectivity index (χ3n) is 6.06. The summed E-state index contributed by atoms with van der Waals surface area (Å²) in [6, 6.07) is 19.0. The van der Waals surface area contributed by atoms with Crippen molar-refractivity contribution < 1.29 is 18.0 Å². The molecule has 0 saturated carbocycles. The lowest BCUT2D eigenvalue weighted by Crippen LogP contribution is -2.55. The van der Waals surface area contributed by atoms with Crippen LogP contribution in [0.5, 0.6) is 0 Å². The molecule has 0 aliphatic rings. The molecule has 0 saturated heterocycles. The van der Waals surface area contributed by atoms with Crippen LogP contribution >= 0.6 is 23.2 Å². The van der Waals surface area contributed by atoms with Crippen molar-refractivity contribution in [3.05, 3.63) is 94.0 Å². The monoisotopic (exact) mass is 603 g/mol.